The molecule has 160 valence electrons. The van der Waals surface area contributed by atoms with E-state index < -0.39 is 0 Å². The molecule has 0 atom stereocenters. The molecule has 1 aliphatic heterocycles. The summed E-state index contributed by atoms with van der Waals surface area (Å²) in [6.07, 6.45) is 4.96. The Morgan fingerprint density at radius 3 is 2.80 bits per heavy atom. The SMILES string of the molecule is CC(C)n1ncc2ccc(-c3noc(C4CCN(C(=O)CCCCF)CC4)n3)cc21. The molecule has 1 aliphatic rings. The number of rotatable bonds is 7. The first-order valence-corrected chi connectivity index (χ1v) is 10.7. The molecule has 1 aromatic carbocycles. The van der Waals surface area contributed by atoms with E-state index in [0.29, 0.717) is 44.1 Å². The summed E-state index contributed by atoms with van der Waals surface area (Å²) in [5.41, 5.74) is 1.95. The van der Waals surface area contributed by atoms with E-state index in [2.05, 4.69) is 35.2 Å². The standard InChI is InChI=1S/C22H28FN5O2/c1-15(2)28-19-13-17(6-7-18(19)14-24-28)21-25-22(30-26-21)16-8-11-27(12-9-16)20(29)5-3-4-10-23/h6-7,13-16H,3-5,8-12H2,1-2H3. The van der Waals surface area contributed by atoms with Crippen LogP contribution in [0, 0.1) is 0 Å². The van der Waals surface area contributed by atoms with Crippen LogP contribution in [0.25, 0.3) is 22.3 Å². The molecule has 0 N–H and O–H groups in total. The maximum Gasteiger partial charge on any atom is 0.230 e. The molecule has 1 saturated heterocycles. The number of fused-ring (bicyclic) bond motifs is 1. The zero-order chi connectivity index (χ0) is 21.1. The van der Waals surface area contributed by atoms with Gasteiger partial charge in [-0.15, -0.1) is 0 Å². The van der Waals surface area contributed by atoms with Gasteiger partial charge in [0.25, 0.3) is 0 Å². The molecule has 4 rings (SSSR count). The molecule has 0 aliphatic carbocycles. The van der Waals surface area contributed by atoms with Crippen LogP contribution in [0.1, 0.15) is 63.8 Å². The number of hydrogen-bond acceptors (Lipinski definition) is 5. The number of carbonyl (C=O) groups is 1. The number of benzene rings is 1. The minimum atomic E-state index is -0.360. The van der Waals surface area contributed by atoms with Crippen molar-refractivity contribution in [1.29, 1.82) is 0 Å². The van der Waals surface area contributed by atoms with Crippen molar-refractivity contribution < 1.29 is 13.7 Å². The lowest BCUT2D eigenvalue weighted by Gasteiger charge is -2.30. The van der Waals surface area contributed by atoms with E-state index in [-0.39, 0.29) is 24.5 Å². The van der Waals surface area contributed by atoms with Crippen molar-refractivity contribution in [2.75, 3.05) is 19.8 Å². The number of nitrogens with zero attached hydrogens (tertiary/aromatic N) is 5. The number of halogens is 1. The van der Waals surface area contributed by atoms with E-state index in [4.69, 9.17) is 4.52 Å². The van der Waals surface area contributed by atoms with Gasteiger partial charge >= 0.3 is 0 Å². The quantitative estimate of drug-likeness (QED) is 0.533. The Kier molecular flexibility index (Phi) is 6.11. The smallest absolute Gasteiger partial charge is 0.230 e. The second kappa shape index (κ2) is 8.93. The largest absolute Gasteiger partial charge is 0.343 e. The van der Waals surface area contributed by atoms with E-state index in [1.54, 1.807) is 0 Å². The van der Waals surface area contributed by atoms with E-state index in [0.717, 1.165) is 29.3 Å². The Labute approximate surface area is 175 Å². The van der Waals surface area contributed by atoms with Crippen LogP contribution < -0.4 is 0 Å². The third-order valence-electron chi connectivity index (χ3n) is 5.76. The Bertz CT molecular complexity index is 1000. The molecule has 0 bridgehead atoms. The number of piperidine rings is 1. The summed E-state index contributed by atoms with van der Waals surface area (Å²) in [5.74, 6) is 1.48. The number of unbranched alkanes of at least 4 members (excludes halogenated alkanes) is 1. The van der Waals surface area contributed by atoms with Gasteiger partial charge in [-0.1, -0.05) is 17.3 Å². The van der Waals surface area contributed by atoms with Gasteiger partial charge in [0, 0.05) is 42.4 Å². The van der Waals surface area contributed by atoms with E-state index in [1.807, 2.05) is 27.9 Å². The first-order chi connectivity index (χ1) is 14.6. The molecule has 8 heteroatoms. The summed E-state index contributed by atoms with van der Waals surface area (Å²) in [7, 11) is 0. The Morgan fingerprint density at radius 2 is 2.07 bits per heavy atom. The summed E-state index contributed by atoms with van der Waals surface area (Å²) in [6, 6.07) is 6.33. The highest BCUT2D eigenvalue weighted by Crippen LogP contribution is 2.30. The van der Waals surface area contributed by atoms with Crippen LogP contribution in [-0.2, 0) is 4.79 Å². The molecule has 7 nitrogen and oxygen atoms in total. The molecule has 0 unspecified atom stereocenters. The van der Waals surface area contributed by atoms with Crippen molar-refractivity contribution in [2.24, 2.45) is 0 Å². The number of hydrogen-bond donors (Lipinski definition) is 0. The average Bonchev–Trinajstić information content (AvgIpc) is 3.41. The normalized spacial score (nSPS) is 15.4. The van der Waals surface area contributed by atoms with Crippen LogP contribution in [0.15, 0.2) is 28.9 Å². The average molecular weight is 413 g/mol. The van der Waals surface area contributed by atoms with Gasteiger partial charge in [0.1, 0.15) is 0 Å². The number of carbonyl (C=O) groups excluding carboxylic acids is 1. The summed E-state index contributed by atoms with van der Waals surface area (Å²) in [6.45, 7) is 5.20. The first kappa shape index (κ1) is 20.5. The van der Waals surface area contributed by atoms with Crippen LogP contribution in [-0.4, -0.2) is 50.5 Å². The van der Waals surface area contributed by atoms with Crippen LogP contribution in [0.5, 0.6) is 0 Å². The lowest BCUT2D eigenvalue weighted by molar-refractivity contribution is -0.132. The van der Waals surface area contributed by atoms with Crippen molar-refractivity contribution in [3.63, 3.8) is 0 Å². The van der Waals surface area contributed by atoms with Gasteiger partial charge < -0.3 is 9.42 Å². The van der Waals surface area contributed by atoms with Gasteiger partial charge in [0.05, 0.1) is 18.4 Å². The van der Waals surface area contributed by atoms with Crippen molar-refractivity contribution >= 4 is 16.8 Å². The Hall–Kier alpha value is -2.77. The van der Waals surface area contributed by atoms with Crippen LogP contribution >= 0.6 is 0 Å². The summed E-state index contributed by atoms with van der Waals surface area (Å²) in [5, 5.41) is 9.74. The summed E-state index contributed by atoms with van der Waals surface area (Å²) < 4.78 is 19.8. The molecular weight excluding hydrogens is 385 g/mol. The second-order valence-corrected chi connectivity index (χ2v) is 8.21. The third-order valence-corrected chi connectivity index (χ3v) is 5.76. The third kappa shape index (κ3) is 4.22. The molecule has 1 fully saturated rings. The maximum atomic E-state index is 12.2. The first-order valence-electron chi connectivity index (χ1n) is 10.7. The highest BCUT2D eigenvalue weighted by Gasteiger charge is 2.27. The fourth-order valence-electron chi connectivity index (χ4n) is 4.01. The lowest BCUT2D eigenvalue weighted by Crippen LogP contribution is -2.37. The topological polar surface area (TPSA) is 77.0 Å². The van der Waals surface area contributed by atoms with Crippen molar-refractivity contribution in [3.8, 4) is 11.4 Å². The van der Waals surface area contributed by atoms with Gasteiger partial charge in [-0.3, -0.25) is 13.9 Å². The molecule has 0 saturated carbocycles. The second-order valence-electron chi connectivity index (χ2n) is 8.21. The number of aromatic nitrogens is 4. The predicted octanol–water partition coefficient (Wildman–Crippen LogP) is 4.51. The molecule has 2 aromatic heterocycles. The van der Waals surface area contributed by atoms with E-state index >= 15 is 0 Å². The molecule has 0 radical (unpaired) electrons. The number of alkyl halides is 1. The summed E-state index contributed by atoms with van der Waals surface area (Å²) in [4.78, 5) is 18.7. The fourth-order valence-corrected chi connectivity index (χ4v) is 4.01. The van der Waals surface area contributed by atoms with Crippen molar-refractivity contribution in [3.05, 3.63) is 30.3 Å². The highest BCUT2D eigenvalue weighted by atomic mass is 19.1. The molecule has 3 aromatic rings. The zero-order valence-corrected chi connectivity index (χ0v) is 17.6. The van der Waals surface area contributed by atoms with Gasteiger partial charge in [0.2, 0.25) is 17.6 Å². The van der Waals surface area contributed by atoms with Crippen LogP contribution in [0.2, 0.25) is 0 Å². The van der Waals surface area contributed by atoms with Crippen molar-refractivity contribution in [2.45, 2.75) is 57.9 Å². The minimum Gasteiger partial charge on any atom is -0.343 e. The highest BCUT2D eigenvalue weighted by molar-refractivity contribution is 5.83. The van der Waals surface area contributed by atoms with Crippen LogP contribution in [0.4, 0.5) is 4.39 Å². The molecule has 30 heavy (non-hydrogen) atoms. The van der Waals surface area contributed by atoms with Gasteiger partial charge in [-0.05, 0) is 45.6 Å². The predicted molar refractivity (Wildman–Crippen MR) is 112 cm³/mol. The summed E-state index contributed by atoms with van der Waals surface area (Å²) >= 11 is 0. The Balaban J connectivity index is 1.42. The van der Waals surface area contributed by atoms with Gasteiger partial charge in [0.15, 0.2) is 0 Å². The molecule has 3 heterocycles. The monoisotopic (exact) mass is 413 g/mol. The van der Waals surface area contributed by atoms with E-state index in [9.17, 15) is 9.18 Å². The lowest BCUT2D eigenvalue weighted by atomic mass is 9.96. The maximum absolute atomic E-state index is 12.2. The Morgan fingerprint density at radius 1 is 1.27 bits per heavy atom. The molecule has 1 amide bonds. The minimum absolute atomic E-state index is 0.114. The molecular formula is C22H28FN5O2. The van der Waals surface area contributed by atoms with Crippen molar-refractivity contribution in [1.82, 2.24) is 24.8 Å². The van der Waals surface area contributed by atoms with Gasteiger partial charge in [-0.2, -0.15) is 10.1 Å². The van der Waals surface area contributed by atoms with E-state index in [1.165, 1.54) is 0 Å². The van der Waals surface area contributed by atoms with Gasteiger partial charge in [-0.25, -0.2) is 0 Å². The number of likely N-dealkylation sites (tertiary alicyclic amines) is 1. The number of amides is 1. The molecule has 0 spiro atoms. The zero-order valence-electron chi connectivity index (χ0n) is 17.6. The fraction of sp³-hybridized carbons (Fsp3) is 0.545. The van der Waals surface area contributed by atoms with Crippen LogP contribution in [0.3, 0.4) is 0 Å².